The van der Waals surface area contributed by atoms with Crippen molar-refractivity contribution in [2.24, 2.45) is 0 Å². The number of carbonyl (C=O) groups is 1. The van der Waals surface area contributed by atoms with E-state index in [4.69, 9.17) is 4.98 Å². The molecule has 0 aliphatic carbocycles. The summed E-state index contributed by atoms with van der Waals surface area (Å²) in [6.45, 7) is 9.69. The van der Waals surface area contributed by atoms with E-state index in [1.807, 2.05) is 18.2 Å². The highest BCUT2D eigenvalue weighted by atomic mass is 32.1. The Morgan fingerprint density at radius 3 is 2.53 bits per heavy atom. The molecule has 0 atom stereocenters. The van der Waals surface area contributed by atoms with Crippen molar-refractivity contribution in [3.05, 3.63) is 65.5 Å². The lowest BCUT2D eigenvalue weighted by Gasteiger charge is -2.35. The summed E-state index contributed by atoms with van der Waals surface area (Å²) < 4.78 is 14.3. The second-order valence-electron chi connectivity index (χ2n) is 8.02. The number of aromatic nitrogens is 1. The normalized spacial score (nSPS) is 14.6. The van der Waals surface area contributed by atoms with Crippen LogP contribution in [0.4, 0.5) is 20.7 Å². The monoisotopic (exact) mass is 453 g/mol. The van der Waals surface area contributed by atoms with Gasteiger partial charge in [-0.25, -0.2) is 18.5 Å². The molecule has 0 unspecified atom stereocenters. The molecule has 2 aromatic carbocycles. The van der Waals surface area contributed by atoms with Gasteiger partial charge in [0.25, 0.3) is 0 Å². The van der Waals surface area contributed by atoms with Crippen molar-refractivity contribution in [1.29, 1.82) is 0 Å². The smallest absolute Gasteiger partial charge is 0.332 e. The molecule has 1 aromatic heterocycles. The molecule has 0 bridgehead atoms. The zero-order valence-corrected chi connectivity index (χ0v) is 19.3. The van der Waals surface area contributed by atoms with Crippen LogP contribution in [-0.2, 0) is 6.54 Å². The molecule has 2 amide bonds. The first-order chi connectivity index (χ1) is 15.4. The predicted molar refractivity (Wildman–Crippen MR) is 131 cm³/mol. The second-order valence-corrected chi connectivity index (χ2v) is 8.42. The van der Waals surface area contributed by atoms with Gasteiger partial charge >= 0.3 is 6.03 Å². The molecule has 8 heteroatoms. The summed E-state index contributed by atoms with van der Waals surface area (Å²) in [4.78, 5) is 22.2. The molecule has 1 N–H and O–H groups in total. The molecule has 168 valence electrons. The summed E-state index contributed by atoms with van der Waals surface area (Å²) in [6.07, 6.45) is 0. The third kappa shape index (κ3) is 4.97. The molecule has 1 aliphatic rings. The number of piperazine rings is 1. The largest absolute Gasteiger partial charge is 0.354 e. The summed E-state index contributed by atoms with van der Waals surface area (Å²) in [6, 6.07) is 13.5. The molecule has 1 aliphatic heterocycles. The molecule has 6 nitrogen and oxygen atoms in total. The first kappa shape index (κ1) is 22.4. The molecule has 3 aromatic rings. The van der Waals surface area contributed by atoms with Crippen LogP contribution < -0.4 is 14.5 Å². The highest BCUT2D eigenvalue weighted by Gasteiger charge is 2.18. The fourth-order valence-corrected chi connectivity index (χ4v) is 4.12. The van der Waals surface area contributed by atoms with Crippen molar-refractivity contribution < 1.29 is 9.18 Å². The quantitative estimate of drug-likeness (QED) is 0.563. The average Bonchev–Trinajstić information content (AvgIpc) is 2.83. The molecular formula is C24H28FN5OS. The van der Waals surface area contributed by atoms with Gasteiger partial charge in [0.2, 0.25) is 0 Å². The van der Waals surface area contributed by atoms with Crippen LogP contribution in [0.2, 0.25) is 0 Å². The van der Waals surface area contributed by atoms with Crippen molar-refractivity contribution in [3.63, 3.8) is 0 Å². The van der Waals surface area contributed by atoms with Crippen LogP contribution >= 0.6 is 12.8 Å². The van der Waals surface area contributed by atoms with E-state index in [1.165, 1.54) is 16.4 Å². The van der Waals surface area contributed by atoms with E-state index >= 15 is 0 Å². The Kier molecular flexibility index (Phi) is 6.81. The number of hydrogen-bond donors (Lipinski definition) is 2. The van der Waals surface area contributed by atoms with E-state index in [0.717, 1.165) is 60.6 Å². The van der Waals surface area contributed by atoms with Crippen LogP contribution in [0.5, 0.6) is 0 Å². The zero-order chi connectivity index (χ0) is 22.7. The van der Waals surface area contributed by atoms with Gasteiger partial charge in [0.15, 0.2) is 0 Å². The second kappa shape index (κ2) is 9.75. The Hall–Kier alpha value is -2.84. The van der Waals surface area contributed by atoms with Gasteiger partial charge < -0.3 is 15.1 Å². The van der Waals surface area contributed by atoms with Gasteiger partial charge in [-0.2, -0.15) is 0 Å². The molecule has 0 spiro atoms. The summed E-state index contributed by atoms with van der Waals surface area (Å²) in [5, 5.41) is 3.79. The molecule has 0 saturated carbocycles. The van der Waals surface area contributed by atoms with E-state index in [-0.39, 0.29) is 11.8 Å². The molecule has 1 saturated heterocycles. The Morgan fingerprint density at radius 2 is 1.84 bits per heavy atom. The maximum Gasteiger partial charge on any atom is 0.332 e. The van der Waals surface area contributed by atoms with E-state index in [0.29, 0.717) is 12.2 Å². The Bertz CT molecular complexity index is 1100. The zero-order valence-electron chi connectivity index (χ0n) is 18.4. The fraction of sp³-hybridized carbons (Fsp3) is 0.333. The van der Waals surface area contributed by atoms with Crippen LogP contribution in [0.3, 0.4) is 0 Å². The van der Waals surface area contributed by atoms with Gasteiger partial charge in [0, 0.05) is 38.1 Å². The minimum absolute atomic E-state index is 0.291. The molecule has 0 radical (unpaired) electrons. The Balaban J connectivity index is 1.47. The Labute approximate surface area is 193 Å². The predicted octanol–water partition coefficient (Wildman–Crippen LogP) is 4.39. The topological polar surface area (TPSA) is 51.7 Å². The van der Waals surface area contributed by atoms with E-state index in [1.54, 1.807) is 12.1 Å². The number of amides is 2. The number of nitrogens with one attached hydrogen (secondary N) is 1. The maximum atomic E-state index is 13.0. The van der Waals surface area contributed by atoms with Crippen molar-refractivity contribution in [1.82, 2.24) is 15.2 Å². The number of likely N-dealkylation sites (N-methyl/N-ethyl adjacent to an activating group) is 1. The van der Waals surface area contributed by atoms with Crippen LogP contribution in [0.25, 0.3) is 10.9 Å². The van der Waals surface area contributed by atoms with Gasteiger partial charge in [-0.1, -0.05) is 31.9 Å². The summed E-state index contributed by atoms with van der Waals surface area (Å²) in [5.74, 6) is 0.695. The lowest BCUT2D eigenvalue weighted by atomic mass is 10.1. The first-order valence-electron chi connectivity index (χ1n) is 10.8. The van der Waals surface area contributed by atoms with Crippen LogP contribution in [-0.4, -0.2) is 48.6 Å². The lowest BCUT2D eigenvalue weighted by Crippen LogP contribution is -2.46. The SMILES string of the molecule is CCN1CCN(c2cc(C)c3cc(N(S)C(=O)NCc4ccc(F)cc4)ccc3n2)CC1. The maximum absolute atomic E-state index is 13.0. The van der Waals surface area contributed by atoms with Crippen molar-refractivity contribution in [2.75, 3.05) is 41.9 Å². The number of carbonyl (C=O) groups excluding carboxylic acids is 1. The van der Waals surface area contributed by atoms with Gasteiger partial charge in [-0.05, 0) is 61.0 Å². The van der Waals surface area contributed by atoms with E-state index in [9.17, 15) is 9.18 Å². The summed E-state index contributed by atoms with van der Waals surface area (Å²) in [5.41, 5.74) is 3.48. The standard InChI is InChI=1S/C24H28FN5OS/c1-3-28-10-12-29(13-11-28)23-14-17(2)21-15-20(8-9-22(21)27-23)30(32)24(31)26-16-18-4-6-19(25)7-5-18/h4-9,14-15,32H,3,10-13,16H2,1-2H3,(H,26,31). The van der Waals surface area contributed by atoms with Crippen molar-refractivity contribution in [2.45, 2.75) is 20.4 Å². The number of hydrogen-bond acceptors (Lipinski definition) is 5. The van der Waals surface area contributed by atoms with Crippen LogP contribution in [0.15, 0.2) is 48.5 Å². The van der Waals surface area contributed by atoms with Gasteiger partial charge in [-0.3, -0.25) is 0 Å². The van der Waals surface area contributed by atoms with Crippen molar-refractivity contribution >= 4 is 41.3 Å². The number of thiol groups is 1. The number of anilines is 2. The van der Waals surface area contributed by atoms with Crippen LogP contribution in [0.1, 0.15) is 18.1 Å². The first-order valence-corrected chi connectivity index (χ1v) is 11.2. The molecule has 1 fully saturated rings. The summed E-state index contributed by atoms with van der Waals surface area (Å²) in [7, 11) is 0. The number of rotatable bonds is 5. The fourth-order valence-electron chi connectivity index (χ4n) is 3.92. The van der Waals surface area contributed by atoms with E-state index < -0.39 is 0 Å². The number of benzene rings is 2. The highest BCUT2D eigenvalue weighted by Crippen LogP contribution is 2.28. The molecule has 4 rings (SSSR count). The molecule has 2 heterocycles. The number of urea groups is 1. The van der Waals surface area contributed by atoms with Gasteiger partial charge in [0.05, 0.1) is 11.2 Å². The minimum atomic E-state index is -0.354. The number of pyridine rings is 1. The minimum Gasteiger partial charge on any atom is -0.354 e. The lowest BCUT2D eigenvalue weighted by molar-refractivity contribution is 0.249. The van der Waals surface area contributed by atoms with Gasteiger partial charge in [-0.15, -0.1) is 0 Å². The van der Waals surface area contributed by atoms with Crippen molar-refractivity contribution in [3.8, 4) is 0 Å². The van der Waals surface area contributed by atoms with Crippen LogP contribution in [0, 0.1) is 12.7 Å². The Morgan fingerprint density at radius 1 is 1.12 bits per heavy atom. The van der Waals surface area contributed by atoms with Gasteiger partial charge in [0.1, 0.15) is 11.6 Å². The third-order valence-electron chi connectivity index (χ3n) is 5.92. The number of nitrogens with zero attached hydrogens (tertiary/aromatic N) is 4. The molecular weight excluding hydrogens is 425 g/mol. The van der Waals surface area contributed by atoms with E-state index in [2.05, 4.69) is 47.8 Å². The highest BCUT2D eigenvalue weighted by molar-refractivity contribution is 7.82. The third-order valence-corrected chi connectivity index (χ3v) is 6.34. The number of aryl methyl sites for hydroxylation is 1. The average molecular weight is 454 g/mol. The number of fused-ring (bicyclic) bond motifs is 1. The summed E-state index contributed by atoms with van der Waals surface area (Å²) >= 11 is 4.39. The molecule has 32 heavy (non-hydrogen) atoms. The number of halogens is 1.